The van der Waals surface area contributed by atoms with Crippen LogP contribution >= 0.6 is 0 Å². The number of fused-ring (bicyclic) bond motifs is 9. The van der Waals surface area contributed by atoms with Gasteiger partial charge in [-0.2, -0.15) is 4.98 Å². The second-order valence-electron chi connectivity index (χ2n) is 12.7. The van der Waals surface area contributed by atoms with E-state index in [1.54, 1.807) is 0 Å². The van der Waals surface area contributed by atoms with E-state index in [0.717, 1.165) is 66.3 Å². The van der Waals surface area contributed by atoms with Gasteiger partial charge in [-0.1, -0.05) is 109 Å². The molecule has 8 heteroatoms. The van der Waals surface area contributed by atoms with Gasteiger partial charge >= 0.3 is 6.01 Å². The van der Waals surface area contributed by atoms with Crippen LogP contribution in [0.4, 0.5) is 0 Å². The maximum atomic E-state index is 6.76. The van der Waals surface area contributed by atoms with Crippen LogP contribution in [-0.4, -0.2) is 32.7 Å². The molecule has 6 aromatic carbocycles. The predicted octanol–water partition coefficient (Wildman–Crippen LogP) is 8.89. The monoisotopic (exact) mass is 672 g/mol. The first-order valence-corrected chi connectivity index (χ1v) is 18.3. The van der Waals surface area contributed by atoms with Crippen LogP contribution in [0.25, 0.3) is 83.2 Å². The summed E-state index contributed by atoms with van der Waals surface area (Å²) >= 11 is 0. The molecule has 0 aliphatic rings. The molecule has 239 valence electrons. The molecule has 11 aromatic rings. The van der Waals surface area contributed by atoms with Crippen molar-refractivity contribution in [3.63, 3.8) is 0 Å². The summed E-state index contributed by atoms with van der Waals surface area (Å²) in [7, 11) is -1.53. The van der Waals surface area contributed by atoms with Crippen LogP contribution in [0, 0.1) is 0 Å². The van der Waals surface area contributed by atoms with E-state index >= 15 is 0 Å². The molecule has 0 atom stereocenters. The Morgan fingerprint density at radius 3 is 1.98 bits per heavy atom. The summed E-state index contributed by atoms with van der Waals surface area (Å²) in [5.74, 6) is 0. The lowest BCUT2D eigenvalue weighted by Crippen LogP contribution is -2.48. The Bertz CT molecular complexity index is 3060. The van der Waals surface area contributed by atoms with Crippen molar-refractivity contribution in [2.75, 3.05) is 0 Å². The Morgan fingerprint density at radius 2 is 1.20 bits per heavy atom. The van der Waals surface area contributed by atoms with E-state index in [1.807, 2.05) is 30.3 Å². The van der Waals surface area contributed by atoms with E-state index in [4.69, 9.17) is 18.8 Å². The number of oxazole rings is 2. The minimum atomic E-state index is -1.53. The minimum absolute atomic E-state index is 0.470. The fraction of sp³-hybridized carbons (Fsp3) is 0. The molecule has 1 radical (unpaired) electrons. The minimum Gasteiger partial charge on any atom is -0.443 e. The zero-order valence-corrected chi connectivity index (χ0v) is 28.1. The van der Waals surface area contributed by atoms with E-state index in [-0.39, 0.29) is 0 Å². The van der Waals surface area contributed by atoms with Crippen molar-refractivity contribution in [2.45, 2.75) is 0 Å². The Labute approximate surface area is 292 Å². The van der Waals surface area contributed by atoms with Crippen molar-refractivity contribution in [2.24, 2.45) is 0 Å². The second kappa shape index (κ2) is 10.9. The van der Waals surface area contributed by atoms with Crippen molar-refractivity contribution in [1.82, 2.24) is 23.8 Å². The molecule has 0 spiro atoms. The number of pyridine rings is 1. The van der Waals surface area contributed by atoms with Gasteiger partial charge in [0.05, 0.1) is 16.7 Å². The van der Waals surface area contributed by atoms with Crippen molar-refractivity contribution in [1.29, 1.82) is 0 Å². The molecule has 0 aliphatic carbocycles. The average molecular weight is 673 g/mol. The second-order valence-corrected chi connectivity index (χ2v) is 15.0. The molecule has 0 N–H and O–H groups in total. The summed E-state index contributed by atoms with van der Waals surface area (Å²) in [6, 6.07) is 53.5. The molecule has 51 heavy (non-hydrogen) atoms. The van der Waals surface area contributed by atoms with Gasteiger partial charge in [-0.15, -0.1) is 0 Å². The maximum absolute atomic E-state index is 6.76. The number of rotatable bonds is 5. The van der Waals surface area contributed by atoms with Gasteiger partial charge in [0.2, 0.25) is 8.96 Å². The van der Waals surface area contributed by atoms with Crippen molar-refractivity contribution in [3.8, 4) is 17.3 Å². The van der Waals surface area contributed by atoms with Crippen LogP contribution in [0.5, 0.6) is 0 Å². The molecule has 0 bridgehead atoms. The van der Waals surface area contributed by atoms with Crippen LogP contribution in [0.2, 0.25) is 0 Å². The first-order valence-electron chi connectivity index (χ1n) is 16.9. The third-order valence-corrected chi connectivity index (χ3v) is 12.5. The number of para-hydroxylation sites is 3. The van der Waals surface area contributed by atoms with Gasteiger partial charge in [0.15, 0.2) is 17.6 Å². The quantitative estimate of drug-likeness (QED) is 0.171. The highest BCUT2D eigenvalue weighted by atomic mass is 28.3. The van der Waals surface area contributed by atoms with Crippen molar-refractivity contribution < 1.29 is 8.83 Å². The summed E-state index contributed by atoms with van der Waals surface area (Å²) in [6.07, 6.45) is 1.48. The number of aromatic nitrogens is 5. The SMILES string of the molecule is c1ccc([Si](c2ccccc2)n2c3ccccc3c3ccc4oc(-n5c6ccccc6c6ccc(-c7cccc8ocnc78)nc65)nc4c32)cc1. The van der Waals surface area contributed by atoms with Crippen molar-refractivity contribution >= 4 is 85.3 Å². The van der Waals surface area contributed by atoms with Gasteiger partial charge < -0.3 is 13.1 Å². The highest BCUT2D eigenvalue weighted by molar-refractivity contribution is 6.85. The summed E-state index contributed by atoms with van der Waals surface area (Å²) < 4.78 is 17.0. The van der Waals surface area contributed by atoms with E-state index in [0.29, 0.717) is 6.01 Å². The summed E-state index contributed by atoms with van der Waals surface area (Å²) in [5, 5.41) is 7.01. The van der Waals surface area contributed by atoms with Crippen LogP contribution < -0.4 is 10.4 Å². The van der Waals surface area contributed by atoms with Crippen LogP contribution in [0.15, 0.2) is 167 Å². The van der Waals surface area contributed by atoms with E-state index in [2.05, 4.69) is 135 Å². The zero-order valence-electron chi connectivity index (χ0n) is 27.1. The molecule has 11 rings (SSSR count). The molecular weight excluding hydrogens is 647 g/mol. The molecule has 5 aromatic heterocycles. The largest absolute Gasteiger partial charge is 0.443 e. The number of hydrogen-bond donors (Lipinski definition) is 0. The smallest absolute Gasteiger partial charge is 0.309 e. The maximum Gasteiger partial charge on any atom is 0.309 e. The van der Waals surface area contributed by atoms with Gasteiger partial charge in [-0.3, -0.25) is 0 Å². The fourth-order valence-corrected chi connectivity index (χ4v) is 10.4. The Balaban J connectivity index is 1.21. The lowest BCUT2D eigenvalue weighted by Gasteiger charge is -2.20. The highest BCUT2D eigenvalue weighted by Gasteiger charge is 2.28. The van der Waals surface area contributed by atoms with Gasteiger partial charge in [0, 0.05) is 32.6 Å². The van der Waals surface area contributed by atoms with Crippen molar-refractivity contribution in [3.05, 3.63) is 158 Å². The normalized spacial score (nSPS) is 12.1. The van der Waals surface area contributed by atoms with E-state index < -0.39 is 8.96 Å². The van der Waals surface area contributed by atoms with Crippen LogP contribution in [-0.2, 0) is 0 Å². The highest BCUT2D eigenvalue weighted by Crippen LogP contribution is 2.38. The van der Waals surface area contributed by atoms with Gasteiger partial charge in [0.1, 0.15) is 16.7 Å². The standard InChI is InChI=1S/C43H26N5O2Si/c1-3-12-27(13-4-1)51(28-14-5-2-6-15-28)48-36-20-10-8-16-29(36)31-23-25-38-40(41(31)48)46-43(50-38)47-35-19-9-7-17-30(35)32-22-24-34(45-42(32)47)33-18-11-21-37-39(33)44-26-49-37/h1-26H. The molecule has 0 saturated heterocycles. The molecule has 0 unspecified atom stereocenters. The number of benzene rings is 6. The number of hydrogen-bond acceptors (Lipinski definition) is 5. The Morgan fingerprint density at radius 1 is 0.510 bits per heavy atom. The van der Waals surface area contributed by atoms with Gasteiger partial charge in [-0.25, -0.2) is 14.5 Å². The molecule has 0 aliphatic heterocycles. The summed E-state index contributed by atoms with van der Waals surface area (Å²) in [4.78, 5) is 15.1. The lowest BCUT2D eigenvalue weighted by atomic mass is 10.1. The molecular formula is C43H26N5O2Si. The first-order chi connectivity index (χ1) is 25.3. The number of nitrogens with zero attached hydrogens (tertiary/aromatic N) is 5. The zero-order chi connectivity index (χ0) is 33.5. The third-order valence-electron chi connectivity index (χ3n) is 9.85. The van der Waals surface area contributed by atoms with Crippen LogP contribution in [0.3, 0.4) is 0 Å². The van der Waals surface area contributed by atoms with Crippen LogP contribution in [0.1, 0.15) is 0 Å². The Hall–Kier alpha value is -6.77. The average Bonchev–Trinajstić information content (AvgIpc) is 3.98. The molecule has 0 saturated carbocycles. The van der Waals surface area contributed by atoms with Gasteiger partial charge in [0.25, 0.3) is 0 Å². The molecule has 7 nitrogen and oxygen atoms in total. The first kappa shape index (κ1) is 28.1. The lowest BCUT2D eigenvalue weighted by molar-refractivity contribution is 0.573. The molecule has 0 fully saturated rings. The molecule has 0 amide bonds. The summed E-state index contributed by atoms with van der Waals surface area (Å²) in [6.45, 7) is 0. The predicted molar refractivity (Wildman–Crippen MR) is 205 cm³/mol. The molecule has 5 heterocycles. The topological polar surface area (TPSA) is 74.8 Å². The third kappa shape index (κ3) is 4.14. The van der Waals surface area contributed by atoms with E-state index in [1.165, 1.54) is 27.7 Å². The van der Waals surface area contributed by atoms with Gasteiger partial charge in [-0.05, 0) is 52.8 Å². The fourth-order valence-electron chi connectivity index (χ4n) is 7.65. The Kier molecular flexibility index (Phi) is 5.99. The van der Waals surface area contributed by atoms with E-state index in [9.17, 15) is 0 Å². The summed E-state index contributed by atoms with van der Waals surface area (Å²) in [5.41, 5.74) is 8.71.